The van der Waals surface area contributed by atoms with E-state index in [0.717, 1.165) is 11.3 Å². The smallest absolute Gasteiger partial charge is 0.161 e. The molecule has 1 aromatic carbocycles. The van der Waals surface area contributed by atoms with Gasteiger partial charge >= 0.3 is 0 Å². The van der Waals surface area contributed by atoms with Crippen molar-refractivity contribution >= 4 is 0 Å². The summed E-state index contributed by atoms with van der Waals surface area (Å²) in [6, 6.07) is 9.16. The van der Waals surface area contributed by atoms with Crippen molar-refractivity contribution in [1.82, 2.24) is 0 Å². The van der Waals surface area contributed by atoms with E-state index in [0.29, 0.717) is 31.1 Å². The molecule has 0 aliphatic heterocycles. The van der Waals surface area contributed by atoms with Crippen LogP contribution in [0.1, 0.15) is 31.3 Å². The minimum absolute atomic E-state index is 0.437. The summed E-state index contributed by atoms with van der Waals surface area (Å²) in [5, 5.41) is 10.2. The minimum Gasteiger partial charge on any atom is -0.490 e. The van der Waals surface area contributed by atoms with Crippen LogP contribution in [-0.2, 0) is 6.42 Å². The van der Waals surface area contributed by atoms with Gasteiger partial charge in [-0.15, -0.1) is 0 Å². The third kappa shape index (κ3) is 3.54. The average molecular weight is 276 g/mol. The van der Waals surface area contributed by atoms with E-state index in [1.807, 2.05) is 44.2 Å². The maximum atomic E-state index is 10.2. The molecule has 1 unspecified atom stereocenters. The first-order valence-electron chi connectivity index (χ1n) is 6.84. The summed E-state index contributed by atoms with van der Waals surface area (Å²) in [5.41, 5.74) is 0.785. The summed E-state index contributed by atoms with van der Waals surface area (Å²) in [4.78, 5) is 0. The van der Waals surface area contributed by atoms with Crippen molar-refractivity contribution in [2.45, 2.75) is 26.4 Å². The lowest BCUT2D eigenvalue weighted by atomic mass is 10.0. The molecule has 1 N–H and O–H groups in total. The molecule has 2 aromatic rings. The van der Waals surface area contributed by atoms with Gasteiger partial charge in [0.1, 0.15) is 5.76 Å². The Hall–Kier alpha value is -1.94. The zero-order valence-electron chi connectivity index (χ0n) is 11.8. The molecular formula is C16H20O4. The number of ether oxygens (including phenoxy) is 2. The molecule has 2 rings (SSSR count). The molecule has 108 valence electrons. The van der Waals surface area contributed by atoms with Crippen LogP contribution in [0.15, 0.2) is 41.0 Å². The van der Waals surface area contributed by atoms with Gasteiger partial charge in [0.15, 0.2) is 11.5 Å². The zero-order chi connectivity index (χ0) is 14.4. The Balaban J connectivity index is 2.16. The number of furan rings is 1. The van der Waals surface area contributed by atoms with E-state index in [4.69, 9.17) is 13.9 Å². The Morgan fingerprint density at radius 2 is 1.85 bits per heavy atom. The van der Waals surface area contributed by atoms with Crippen LogP contribution >= 0.6 is 0 Å². The summed E-state index contributed by atoms with van der Waals surface area (Å²) >= 11 is 0. The third-order valence-corrected chi connectivity index (χ3v) is 2.93. The molecule has 0 aliphatic rings. The normalized spacial score (nSPS) is 12.2. The van der Waals surface area contributed by atoms with Gasteiger partial charge in [-0.3, -0.25) is 0 Å². The van der Waals surface area contributed by atoms with Gasteiger partial charge in [0.05, 0.1) is 25.6 Å². The van der Waals surface area contributed by atoms with Gasteiger partial charge in [0.25, 0.3) is 0 Å². The predicted octanol–water partition coefficient (Wildman–Crippen LogP) is 3.35. The van der Waals surface area contributed by atoms with Crippen molar-refractivity contribution in [3.8, 4) is 11.5 Å². The van der Waals surface area contributed by atoms with Gasteiger partial charge in [-0.25, -0.2) is 0 Å². The molecule has 0 saturated heterocycles. The molecule has 0 bridgehead atoms. The number of hydrogen-bond acceptors (Lipinski definition) is 4. The quantitative estimate of drug-likeness (QED) is 0.842. The molecule has 4 heteroatoms. The van der Waals surface area contributed by atoms with Crippen LogP contribution in [0.4, 0.5) is 0 Å². The van der Waals surface area contributed by atoms with Crippen LogP contribution in [0.3, 0.4) is 0 Å². The molecule has 4 nitrogen and oxygen atoms in total. The van der Waals surface area contributed by atoms with Crippen LogP contribution in [0, 0.1) is 0 Å². The van der Waals surface area contributed by atoms with E-state index in [1.54, 1.807) is 6.26 Å². The maximum Gasteiger partial charge on any atom is 0.161 e. The Labute approximate surface area is 118 Å². The standard InChI is InChI=1S/C16H20O4/c1-3-18-15-8-7-12(10-16(15)19-4-2)14(17)11-13-6-5-9-20-13/h5-10,14,17H,3-4,11H2,1-2H3. The first-order chi connectivity index (χ1) is 9.74. The summed E-state index contributed by atoms with van der Waals surface area (Å²) in [7, 11) is 0. The molecule has 0 radical (unpaired) electrons. The molecular weight excluding hydrogens is 256 g/mol. The average Bonchev–Trinajstić information content (AvgIpc) is 2.94. The zero-order valence-corrected chi connectivity index (χ0v) is 11.8. The fourth-order valence-corrected chi connectivity index (χ4v) is 2.01. The van der Waals surface area contributed by atoms with Gasteiger partial charge in [0, 0.05) is 6.42 Å². The van der Waals surface area contributed by atoms with Gasteiger partial charge < -0.3 is 19.0 Å². The SMILES string of the molecule is CCOc1ccc(C(O)Cc2ccco2)cc1OCC. The second kappa shape index (κ2) is 7.01. The van der Waals surface area contributed by atoms with E-state index in [-0.39, 0.29) is 0 Å². The van der Waals surface area contributed by atoms with Gasteiger partial charge in [0.2, 0.25) is 0 Å². The highest BCUT2D eigenvalue weighted by Crippen LogP contribution is 2.31. The highest BCUT2D eigenvalue weighted by molar-refractivity contribution is 5.43. The van der Waals surface area contributed by atoms with Gasteiger partial charge in [-0.05, 0) is 43.7 Å². The fourth-order valence-electron chi connectivity index (χ4n) is 2.01. The van der Waals surface area contributed by atoms with Crippen molar-refractivity contribution in [3.05, 3.63) is 47.9 Å². The summed E-state index contributed by atoms with van der Waals surface area (Å²) in [6.45, 7) is 4.98. The lowest BCUT2D eigenvalue weighted by Gasteiger charge is -2.15. The monoisotopic (exact) mass is 276 g/mol. The van der Waals surface area contributed by atoms with Crippen LogP contribution in [0.2, 0.25) is 0 Å². The predicted molar refractivity (Wildman–Crippen MR) is 76.2 cm³/mol. The van der Waals surface area contributed by atoms with E-state index >= 15 is 0 Å². The van der Waals surface area contributed by atoms with Crippen molar-refractivity contribution in [3.63, 3.8) is 0 Å². The van der Waals surface area contributed by atoms with E-state index < -0.39 is 6.10 Å². The Morgan fingerprint density at radius 1 is 1.10 bits per heavy atom. The van der Waals surface area contributed by atoms with Crippen LogP contribution in [0.25, 0.3) is 0 Å². The highest BCUT2D eigenvalue weighted by Gasteiger charge is 2.14. The molecule has 20 heavy (non-hydrogen) atoms. The second-order valence-corrected chi connectivity index (χ2v) is 4.37. The first kappa shape index (κ1) is 14.5. The molecule has 1 atom stereocenters. The number of hydrogen-bond donors (Lipinski definition) is 1. The molecule has 0 spiro atoms. The number of benzene rings is 1. The molecule has 1 heterocycles. The van der Waals surface area contributed by atoms with Crippen molar-refractivity contribution in [1.29, 1.82) is 0 Å². The Bertz CT molecular complexity index is 519. The topological polar surface area (TPSA) is 51.8 Å². The largest absolute Gasteiger partial charge is 0.490 e. The fraction of sp³-hybridized carbons (Fsp3) is 0.375. The lowest BCUT2D eigenvalue weighted by molar-refractivity contribution is 0.169. The molecule has 0 fully saturated rings. The Kier molecular flexibility index (Phi) is 5.07. The minimum atomic E-state index is -0.629. The summed E-state index contributed by atoms with van der Waals surface area (Å²) < 4.78 is 16.3. The molecule has 1 aromatic heterocycles. The van der Waals surface area contributed by atoms with Gasteiger partial charge in [-0.2, -0.15) is 0 Å². The summed E-state index contributed by atoms with van der Waals surface area (Å²) in [6.07, 6.45) is 1.41. The van der Waals surface area contributed by atoms with Crippen LogP contribution in [0.5, 0.6) is 11.5 Å². The van der Waals surface area contributed by atoms with Gasteiger partial charge in [-0.1, -0.05) is 6.07 Å². The second-order valence-electron chi connectivity index (χ2n) is 4.37. The highest BCUT2D eigenvalue weighted by atomic mass is 16.5. The van der Waals surface area contributed by atoms with E-state index in [2.05, 4.69) is 0 Å². The first-order valence-corrected chi connectivity index (χ1v) is 6.84. The third-order valence-electron chi connectivity index (χ3n) is 2.93. The summed E-state index contributed by atoms with van der Waals surface area (Å²) in [5.74, 6) is 2.11. The van der Waals surface area contributed by atoms with Crippen molar-refractivity contribution in [2.24, 2.45) is 0 Å². The lowest BCUT2D eigenvalue weighted by Crippen LogP contribution is -2.04. The Morgan fingerprint density at radius 3 is 2.50 bits per heavy atom. The van der Waals surface area contributed by atoms with Crippen molar-refractivity contribution in [2.75, 3.05) is 13.2 Å². The molecule has 0 amide bonds. The number of rotatable bonds is 7. The number of aliphatic hydroxyl groups is 1. The van der Waals surface area contributed by atoms with Crippen LogP contribution in [-0.4, -0.2) is 18.3 Å². The number of aliphatic hydroxyl groups excluding tert-OH is 1. The van der Waals surface area contributed by atoms with Crippen LogP contribution < -0.4 is 9.47 Å². The van der Waals surface area contributed by atoms with E-state index in [9.17, 15) is 5.11 Å². The molecule has 0 saturated carbocycles. The maximum absolute atomic E-state index is 10.2. The van der Waals surface area contributed by atoms with E-state index in [1.165, 1.54) is 0 Å². The van der Waals surface area contributed by atoms with Crippen molar-refractivity contribution < 1.29 is 19.0 Å². The molecule has 0 aliphatic carbocycles.